The molecule has 0 rings (SSSR count). The summed E-state index contributed by atoms with van der Waals surface area (Å²) in [4.78, 5) is 37.8. The summed E-state index contributed by atoms with van der Waals surface area (Å²) in [7, 11) is 0. The Hall–Kier alpha value is -4.19. The Morgan fingerprint density at radius 2 is 0.667 bits per heavy atom. The van der Waals surface area contributed by atoms with Crippen LogP contribution in [0.4, 0.5) is 0 Å². The van der Waals surface area contributed by atoms with Crippen LogP contribution in [0.2, 0.25) is 0 Å². The molecule has 0 heterocycles. The minimum Gasteiger partial charge on any atom is -0.462 e. The van der Waals surface area contributed by atoms with E-state index >= 15 is 0 Å². The zero-order valence-electron chi connectivity index (χ0n) is 38.2. The van der Waals surface area contributed by atoms with Gasteiger partial charge >= 0.3 is 17.9 Å². The van der Waals surface area contributed by atoms with Crippen molar-refractivity contribution in [2.45, 2.75) is 187 Å². The number of esters is 3. The molecule has 0 saturated carbocycles. The molecule has 0 aromatic heterocycles. The summed E-state index contributed by atoms with van der Waals surface area (Å²) in [6, 6.07) is 0. The molecule has 0 spiro atoms. The lowest BCUT2D eigenvalue weighted by Crippen LogP contribution is -2.30. The number of ether oxygens (including phenoxy) is 3. The molecule has 0 aliphatic rings. The Balaban J connectivity index is 4.56. The van der Waals surface area contributed by atoms with Crippen LogP contribution in [0, 0.1) is 0 Å². The van der Waals surface area contributed by atoms with Crippen LogP contribution in [0.25, 0.3) is 0 Å². The van der Waals surface area contributed by atoms with Crippen molar-refractivity contribution in [3.63, 3.8) is 0 Å². The predicted octanol–water partition coefficient (Wildman–Crippen LogP) is 15.4. The maximum absolute atomic E-state index is 12.8. The van der Waals surface area contributed by atoms with Gasteiger partial charge in [0.1, 0.15) is 13.2 Å². The van der Waals surface area contributed by atoms with Gasteiger partial charge in [-0.15, -0.1) is 0 Å². The van der Waals surface area contributed by atoms with E-state index in [0.717, 1.165) is 109 Å². The standard InChI is InChI=1S/C54H84O6/c1-4-7-10-13-16-19-22-25-27-29-32-35-38-41-44-47-53(56)59-50-51(49-58-52(55)46-43-40-37-34-31-24-21-18-15-12-9-6-3)60-54(57)48-45-42-39-36-33-30-28-26-23-20-17-14-11-8-5-2/h7-8,10-11,13-14,16-23,25-29,32,51H,4-6,9,12,15,24,30-31,33-50H2,1-3H3/b10-7-,11-8-,16-13-,17-14-,21-18-,22-19-,23-20-,27-25-,28-26-,32-29-. The summed E-state index contributed by atoms with van der Waals surface area (Å²) in [5, 5.41) is 0. The third kappa shape index (κ3) is 44.9. The summed E-state index contributed by atoms with van der Waals surface area (Å²) >= 11 is 0. The van der Waals surface area contributed by atoms with Crippen molar-refractivity contribution in [3.05, 3.63) is 122 Å². The first-order chi connectivity index (χ1) is 29.5. The summed E-state index contributed by atoms with van der Waals surface area (Å²) in [6.07, 6.45) is 64.6. The molecule has 1 unspecified atom stereocenters. The average molecular weight is 829 g/mol. The van der Waals surface area contributed by atoms with Crippen LogP contribution in [-0.2, 0) is 28.6 Å². The topological polar surface area (TPSA) is 78.9 Å². The Kier molecular flexibility index (Phi) is 44.2. The zero-order valence-corrected chi connectivity index (χ0v) is 38.2. The fraction of sp³-hybridized carbons (Fsp3) is 0.574. The van der Waals surface area contributed by atoms with Crippen molar-refractivity contribution in [1.29, 1.82) is 0 Å². The number of unbranched alkanes of at least 4 members (excludes halogenated alkanes) is 16. The maximum Gasteiger partial charge on any atom is 0.306 e. The highest BCUT2D eigenvalue weighted by molar-refractivity contribution is 5.71. The molecular formula is C54H84O6. The first-order valence-electron chi connectivity index (χ1n) is 23.7. The maximum atomic E-state index is 12.8. The Morgan fingerprint density at radius 1 is 0.350 bits per heavy atom. The number of rotatable bonds is 40. The largest absolute Gasteiger partial charge is 0.462 e. The minimum atomic E-state index is -0.813. The molecule has 0 aromatic carbocycles. The van der Waals surface area contributed by atoms with E-state index in [4.69, 9.17) is 14.2 Å². The number of hydrogen-bond donors (Lipinski definition) is 0. The zero-order chi connectivity index (χ0) is 43.7. The number of allylic oxidation sites excluding steroid dienone is 20. The van der Waals surface area contributed by atoms with Crippen molar-refractivity contribution in [2.24, 2.45) is 0 Å². The van der Waals surface area contributed by atoms with Gasteiger partial charge in [0.2, 0.25) is 0 Å². The SMILES string of the molecule is CC\C=C/C=C\C=C/C=C\C=C/CCCCCC(=O)OCC(COC(=O)CCCCCCC/C=C\CCCCC)OC(=O)CCCCCCC\C=C/C=C\C=C/C=C\CC. The van der Waals surface area contributed by atoms with E-state index < -0.39 is 6.10 Å². The van der Waals surface area contributed by atoms with Crippen molar-refractivity contribution < 1.29 is 28.6 Å². The van der Waals surface area contributed by atoms with Crippen molar-refractivity contribution in [1.82, 2.24) is 0 Å². The number of carbonyl (C=O) groups is 3. The van der Waals surface area contributed by atoms with Gasteiger partial charge in [0.15, 0.2) is 6.10 Å². The molecule has 6 nitrogen and oxygen atoms in total. The van der Waals surface area contributed by atoms with Crippen LogP contribution >= 0.6 is 0 Å². The molecule has 0 aromatic rings. The van der Waals surface area contributed by atoms with Crippen LogP contribution < -0.4 is 0 Å². The molecule has 6 heteroatoms. The summed E-state index contributed by atoms with van der Waals surface area (Å²) in [5.74, 6) is -0.998. The van der Waals surface area contributed by atoms with Gasteiger partial charge in [0, 0.05) is 19.3 Å². The Bertz CT molecular complexity index is 1320. The van der Waals surface area contributed by atoms with Gasteiger partial charge in [-0.2, -0.15) is 0 Å². The lowest BCUT2D eigenvalue weighted by molar-refractivity contribution is -0.167. The summed E-state index contributed by atoms with van der Waals surface area (Å²) in [6.45, 7) is 6.23. The number of carbonyl (C=O) groups excluding carboxylic acids is 3. The van der Waals surface area contributed by atoms with Crippen LogP contribution in [-0.4, -0.2) is 37.2 Å². The highest BCUT2D eigenvalue weighted by Crippen LogP contribution is 2.12. The molecule has 60 heavy (non-hydrogen) atoms. The van der Waals surface area contributed by atoms with E-state index in [1.807, 2.05) is 72.9 Å². The van der Waals surface area contributed by atoms with Gasteiger partial charge in [-0.25, -0.2) is 0 Å². The van der Waals surface area contributed by atoms with E-state index in [1.165, 1.54) is 32.1 Å². The molecule has 0 fully saturated rings. The molecule has 1 atom stereocenters. The fourth-order valence-electron chi connectivity index (χ4n) is 5.88. The third-order valence-corrected chi connectivity index (χ3v) is 9.40. The summed E-state index contributed by atoms with van der Waals surface area (Å²) in [5.41, 5.74) is 0. The van der Waals surface area contributed by atoms with Gasteiger partial charge in [-0.3, -0.25) is 14.4 Å². The predicted molar refractivity (Wildman–Crippen MR) is 256 cm³/mol. The lowest BCUT2D eigenvalue weighted by Gasteiger charge is -2.18. The Labute approximate surface area is 367 Å². The van der Waals surface area contributed by atoms with Gasteiger partial charge in [0.25, 0.3) is 0 Å². The molecule has 0 amide bonds. The lowest BCUT2D eigenvalue weighted by atomic mass is 10.1. The first kappa shape index (κ1) is 55.8. The molecule has 0 bridgehead atoms. The first-order valence-corrected chi connectivity index (χ1v) is 23.7. The van der Waals surface area contributed by atoms with Crippen molar-refractivity contribution >= 4 is 17.9 Å². The highest BCUT2D eigenvalue weighted by Gasteiger charge is 2.19. The minimum absolute atomic E-state index is 0.110. The molecule has 336 valence electrons. The molecule has 0 N–H and O–H groups in total. The van der Waals surface area contributed by atoms with E-state index in [2.05, 4.69) is 69.4 Å². The van der Waals surface area contributed by atoms with Crippen LogP contribution in [0.1, 0.15) is 181 Å². The van der Waals surface area contributed by atoms with Crippen LogP contribution in [0.5, 0.6) is 0 Å². The molecule has 0 saturated heterocycles. The van der Waals surface area contributed by atoms with E-state index in [0.29, 0.717) is 12.8 Å². The monoisotopic (exact) mass is 829 g/mol. The quantitative estimate of drug-likeness (QED) is 0.0201. The normalized spacial score (nSPS) is 13.2. The number of hydrogen-bond acceptors (Lipinski definition) is 6. The molecule has 0 aliphatic carbocycles. The van der Waals surface area contributed by atoms with Crippen molar-refractivity contribution in [3.8, 4) is 0 Å². The molecular weight excluding hydrogens is 745 g/mol. The second-order valence-electron chi connectivity index (χ2n) is 15.1. The van der Waals surface area contributed by atoms with E-state index in [-0.39, 0.29) is 37.5 Å². The van der Waals surface area contributed by atoms with Crippen LogP contribution in [0.15, 0.2) is 122 Å². The van der Waals surface area contributed by atoms with Gasteiger partial charge in [-0.05, 0) is 83.5 Å². The van der Waals surface area contributed by atoms with Gasteiger partial charge in [0.05, 0.1) is 0 Å². The van der Waals surface area contributed by atoms with E-state index in [9.17, 15) is 14.4 Å². The second kappa shape index (κ2) is 47.5. The van der Waals surface area contributed by atoms with Crippen molar-refractivity contribution in [2.75, 3.05) is 13.2 Å². The molecule has 0 aliphatic heterocycles. The van der Waals surface area contributed by atoms with Crippen LogP contribution in [0.3, 0.4) is 0 Å². The Morgan fingerprint density at radius 3 is 1.08 bits per heavy atom. The van der Waals surface area contributed by atoms with Gasteiger partial charge in [-0.1, -0.05) is 200 Å². The van der Waals surface area contributed by atoms with Gasteiger partial charge < -0.3 is 14.2 Å². The highest BCUT2D eigenvalue weighted by atomic mass is 16.6. The third-order valence-electron chi connectivity index (χ3n) is 9.40. The molecule has 0 radical (unpaired) electrons. The fourth-order valence-corrected chi connectivity index (χ4v) is 5.88. The summed E-state index contributed by atoms with van der Waals surface area (Å²) < 4.78 is 16.7. The smallest absolute Gasteiger partial charge is 0.306 e. The average Bonchev–Trinajstić information content (AvgIpc) is 3.24. The second-order valence-corrected chi connectivity index (χ2v) is 15.1. The van der Waals surface area contributed by atoms with E-state index in [1.54, 1.807) is 0 Å².